The van der Waals surface area contributed by atoms with Gasteiger partial charge in [0.1, 0.15) is 16.5 Å². The number of nitrogens with zero attached hydrogens (tertiary/aromatic N) is 1. The van der Waals surface area contributed by atoms with Crippen LogP contribution in [0.3, 0.4) is 0 Å². The summed E-state index contributed by atoms with van der Waals surface area (Å²) in [5.41, 5.74) is 0. The van der Waals surface area contributed by atoms with Crippen molar-refractivity contribution in [3.63, 3.8) is 0 Å². The van der Waals surface area contributed by atoms with E-state index in [4.69, 9.17) is 0 Å². The van der Waals surface area contributed by atoms with E-state index in [9.17, 15) is 17.2 Å². The number of hydrogen-bond acceptors (Lipinski definition) is 3. The van der Waals surface area contributed by atoms with Crippen LogP contribution in [0, 0.1) is 11.6 Å². The van der Waals surface area contributed by atoms with E-state index in [2.05, 4.69) is 5.32 Å². The van der Waals surface area contributed by atoms with Gasteiger partial charge in [0, 0.05) is 19.1 Å². The van der Waals surface area contributed by atoms with E-state index in [-0.39, 0.29) is 6.04 Å². The molecule has 1 aromatic carbocycles. The van der Waals surface area contributed by atoms with Crippen LogP contribution in [0.2, 0.25) is 0 Å². The van der Waals surface area contributed by atoms with Crippen molar-refractivity contribution < 1.29 is 17.2 Å². The minimum Gasteiger partial charge on any atom is -0.315 e. The number of hydrogen-bond donors (Lipinski definition) is 1. The Kier molecular flexibility index (Phi) is 5.29. The van der Waals surface area contributed by atoms with Gasteiger partial charge in [0.05, 0.1) is 0 Å². The van der Waals surface area contributed by atoms with Crippen molar-refractivity contribution in [1.29, 1.82) is 0 Å². The molecular weight excluding hydrogens is 298 g/mol. The first kappa shape index (κ1) is 16.3. The van der Waals surface area contributed by atoms with E-state index in [0.717, 1.165) is 44.0 Å². The second kappa shape index (κ2) is 6.81. The second-order valence-corrected chi connectivity index (χ2v) is 7.01. The van der Waals surface area contributed by atoms with Gasteiger partial charge in [-0.2, -0.15) is 4.31 Å². The molecule has 1 aliphatic rings. The molecular formula is C14H20F2N2O2S. The minimum atomic E-state index is -4.02. The third-order valence-corrected chi connectivity index (χ3v) is 5.65. The zero-order valence-electron chi connectivity index (χ0n) is 12.0. The Hall–Kier alpha value is -1.05. The molecule has 1 aliphatic heterocycles. The van der Waals surface area contributed by atoms with Crippen LogP contribution in [0.5, 0.6) is 0 Å². The van der Waals surface area contributed by atoms with Gasteiger partial charge in [-0.15, -0.1) is 0 Å². The van der Waals surface area contributed by atoms with E-state index < -0.39 is 26.6 Å². The molecule has 0 saturated carbocycles. The lowest BCUT2D eigenvalue weighted by atomic mass is 10.1. The molecule has 1 unspecified atom stereocenters. The third kappa shape index (κ3) is 3.59. The van der Waals surface area contributed by atoms with E-state index in [0.29, 0.717) is 13.1 Å². The summed E-state index contributed by atoms with van der Waals surface area (Å²) in [6.45, 7) is 3.54. The molecule has 1 aromatic rings. The van der Waals surface area contributed by atoms with Crippen LogP contribution >= 0.6 is 0 Å². The third-order valence-electron chi connectivity index (χ3n) is 3.68. The topological polar surface area (TPSA) is 49.4 Å². The van der Waals surface area contributed by atoms with Crippen molar-refractivity contribution in [3.05, 3.63) is 29.8 Å². The molecule has 0 aromatic heterocycles. The summed E-state index contributed by atoms with van der Waals surface area (Å²) in [5.74, 6) is -1.67. The summed E-state index contributed by atoms with van der Waals surface area (Å²) in [6, 6.07) is 2.31. The zero-order chi connectivity index (χ0) is 15.5. The largest absolute Gasteiger partial charge is 0.315 e. The van der Waals surface area contributed by atoms with Crippen LogP contribution in [0.15, 0.2) is 23.1 Å². The lowest BCUT2D eigenvalue weighted by Crippen LogP contribution is -2.48. The number of halogens is 2. The highest BCUT2D eigenvalue weighted by atomic mass is 32.2. The number of likely N-dealkylation sites (N-methyl/N-ethyl adjacent to an activating group) is 1. The Morgan fingerprint density at radius 2 is 2.10 bits per heavy atom. The standard InChI is InChI=1S/C14H20F2N2O2S/c1-2-17-10-12-5-3-4-8-18(12)21(19,20)14-9-11(15)6-7-13(14)16/h6-7,9,12,17H,2-5,8,10H2,1H3. The van der Waals surface area contributed by atoms with E-state index >= 15 is 0 Å². The SMILES string of the molecule is CCNCC1CCCCN1S(=O)(=O)c1cc(F)ccc1F. The van der Waals surface area contributed by atoms with Crippen molar-refractivity contribution in [2.24, 2.45) is 0 Å². The maximum absolute atomic E-state index is 13.8. The normalized spacial score (nSPS) is 20.6. The summed E-state index contributed by atoms with van der Waals surface area (Å²) in [4.78, 5) is -0.578. The molecule has 1 saturated heterocycles. The molecule has 4 nitrogen and oxygen atoms in total. The van der Waals surface area contributed by atoms with Gasteiger partial charge in [0.2, 0.25) is 10.0 Å². The van der Waals surface area contributed by atoms with Crippen molar-refractivity contribution in [1.82, 2.24) is 9.62 Å². The Bertz CT molecular complexity index is 593. The first-order valence-corrected chi connectivity index (χ1v) is 8.58. The van der Waals surface area contributed by atoms with Crippen molar-refractivity contribution in [2.75, 3.05) is 19.6 Å². The Labute approximate surface area is 124 Å². The maximum Gasteiger partial charge on any atom is 0.246 e. The van der Waals surface area contributed by atoms with E-state index in [1.807, 2.05) is 6.92 Å². The summed E-state index contributed by atoms with van der Waals surface area (Å²) in [6.07, 6.45) is 2.40. The average Bonchev–Trinajstić information content (AvgIpc) is 2.47. The molecule has 1 heterocycles. The minimum absolute atomic E-state index is 0.216. The number of rotatable bonds is 5. The van der Waals surface area contributed by atoms with Crippen LogP contribution in [0.1, 0.15) is 26.2 Å². The van der Waals surface area contributed by atoms with E-state index in [1.165, 1.54) is 4.31 Å². The monoisotopic (exact) mass is 318 g/mol. The Morgan fingerprint density at radius 1 is 1.33 bits per heavy atom. The van der Waals surface area contributed by atoms with Crippen LogP contribution in [0.4, 0.5) is 8.78 Å². The summed E-state index contributed by atoms with van der Waals surface area (Å²) >= 11 is 0. The van der Waals surface area contributed by atoms with Crippen LogP contribution < -0.4 is 5.32 Å². The molecule has 0 spiro atoms. The molecule has 0 radical (unpaired) electrons. The number of sulfonamides is 1. The summed E-state index contributed by atoms with van der Waals surface area (Å²) in [5, 5.41) is 3.12. The van der Waals surface area contributed by atoms with Gasteiger partial charge in [-0.05, 0) is 37.6 Å². The predicted molar refractivity (Wildman–Crippen MR) is 76.4 cm³/mol. The highest BCUT2D eigenvalue weighted by Gasteiger charge is 2.35. The van der Waals surface area contributed by atoms with Crippen molar-refractivity contribution in [2.45, 2.75) is 37.1 Å². The molecule has 0 aliphatic carbocycles. The molecule has 7 heteroatoms. The number of benzene rings is 1. The van der Waals surface area contributed by atoms with Crippen LogP contribution in [0.25, 0.3) is 0 Å². The molecule has 118 valence electrons. The van der Waals surface area contributed by atoms with Crippen LogP contribution in [-0.2, 0) is 10.0 Å². The fourth-order valence-corrected chi connectivity index (χ4v) is 4.38. The van der Waals surface area contributed by atoms with Crippen molar-refractivity contribution in [3.8, 4) is 0 Å². The van der Waals surface area contributed by atoms with Gasteiger partial charge >= 0.3 is 0 Å². The molecule has 1 N–H and O–H groups in total. The van der Waals surface area contributed by atoms with Gasteiger partial charge in [-0.3, -0.25) is 0 Å². The van der Waals surface area contributed by atoms with Gasteiger partial charge in [-0.25, -0.2) is 17.2 Å². The first-order valence-electron chi connectivity index (χ1n) is 7.14. The lowest BCUT2D eigenvalue weighted by Gasteiger charge is -2.34. The maximum atomic E-state index is 13.8. The molecule has 2 rings (SSSR count). The molecule has 1 atom stereocenters. The number of piperidine rings is 1. The Morgan fingerprint density at radius 3 is 2.81 bits per heavy atom. The second-order valence-electron chi connectivity index (χ2n) is 5.15. The quantitative estimate of drug-likeness (QED) is 0.905. The lowest BCUT2D eigenvalue weighted by molar-refractivity contribution is 0.246. The number of nitrogens with one attached hydrogen (secondary N) is 1. The molecule has 21 heavy (non-hydrogen) atoms. The van der Waals surface area contributed by atoms with Crippen molar-refractivity contribution >= 4 is 10.0 Å². The van der Waals surface area contributed by atoms with Gasteiger partial charge in [0.25, 0.3) is 0 Å². The predicted octanol–water partition coefficient (Wildman–Crippen LogP) is 2.12. The zero-order valence-corrected chi connectivity index (χ0v) is 12.8. The van der Waals surface area contributed by atoms with Gasteiger partial charge < -0.3 is 5.32 Å². The summed E-state index contributed by atoms with van der Waals surface area (Å²) in [7, 11) is -4.02. The van der Waals surface area contributed by atoms with Gasteiger partial charge in [-0.1, -0.05) is 13.3 Å². The molecule has 1 fully saturated rings. The highest BCUT2D eigenvalue weighted by molar-refractivity contribution is 7.89. The van der Waals surface area contributed by atoms with E-state index in [1.54, 1.807) is 0 Å². The Balaban J connectivity index is 2.33. The molecule has 0 bridgehead atoms. The fourth-order valence-electron chi connectivity index (χ4n) is 2.61. The van der Waals surface area contributed by atoms with Gasteiger partial charge in [0.15, 0.2) is 0 Å². The van der Waals surface area contributed by atoms with Crippen LogP contribution in [-0.4, -0.2) is 38.4 Å². The first-order chi connectivity index (χ1) is 9.96. The fraction of sp³-hybridized carbons (Fsp3) is 0.571. The highest BCUT2D eigenvalue weighted by Crippen LogP contribution is 2.27. The molecule has 0 amide bonds. The summed E-state index contributed by atoms with van der Waals surface area (Å²) < 4.78 is 53.6. The smallest absolute Gasteiger partial charge is 0.246 e. The average molecular weight is 318 g/mol.